The van der Waals surface area contributed by atoms with Gasteiger partial charge in [-0.15, -0.1) is 0 Å². The Hall–Kier alpha value is -2.42. The van der Waals surface area contributed by atoms with Gasteiger partial charge in [0.25, 0.3) is 5.91 Å². The van der Waals surface area contributed by atoms with Crippen molar-refractivity contribution in [1.29, 1.82) is 0 Å². The van der Waals surface area contributed by atoms with Gasteiger partial charge in [0.15, 0.2) is 6.61 Å². The highest BCUT2D eigenvalue weighted by Gasteiger charge is 2.23. The summed E-state index contributed by atoms with van der Waals surface area (Å²) in [5.74, 6) is 0.425. The van der Waals surface area contributed by atoms with Gasteiger partial charge in [-0.25, -0.2) is 8.42 Å². The number of nitrogens with zero attached hydrogens (tertiary/aromatic N) is 3. The van der Waals surface area contributed by atoms with E-state index in [0.717, 1.165) is 19.6 Å². The van der Waals surface area contributed by atoms with Gasteiger partial charge in [-0.2, -0.15) is 4.31 Å². The third-order valence-corrected chi connectivity index (χ3v) is 7.57. The van der Waals surface area contributed by atoms with Crippen LogP contribution in [-0.2, 0) is 21.4 Å². The molecule has 7 nitrogen and oxygen atoms in total. The number of ether oxygens (including phenoxy) is 1. The van der Waals surface area contributed by atoms with E-state index in [1.54, 1.807) is 12.1 Å². The molecule has 1 fully saturated rings. The Balaban J connectivity index is 1.47. The monoisotopic (exact) mass is 445 g/mol. The van der Waals surface area contributed by atoms with E-state index >= 15 is 0 Å². The first kappa shape index (κ1) is 23.2. The van der Waals surface area contributed by atoms with E-state index in [0.29, 0.717) is 31.9 Å². The zero-order valence-corrected chi connectivity index (χ0v) is 19.1. The van der Waals surface area contributed by atoms with E-state index in [4.69, 9.17) is 4.74 Å². The molecule has 0 radical (unpaired) electrons. The Morgan fingerprint density at radius 3 is 2.13 bits per heavy atom. The van der Waals surface area contributed by atoms with Crippen LogP contribution in [0.3, 0.4) is 0 Å². The molecule has 0 atom stereocenters. The van der Waals surface area contributed by atoms with E-state index in [1.165, 1.54) is 22.0 Å². The lowest BCUT2D eigenvalue weighted by Crippen LogP contribution is -2.49. The number of benzene rings is 2. The Bertz CT molecular complexity index is 937. The molecule has 168 valence electrons. The molecule has 2 aromatic rings. The maximum absolute atomic E-state index is 12.5. The molecule has 0 saturated carbocycles. The smallest absolute Gasteiger partial charge is 0.260 e. The fraction of sp³-hybridized carbons (Fsp3) is 0.435. The van der Waals surface area contributed by atoms with E-state index in [1.807, 2.05) is 36.9 Å². The molecule has 0 spiro atoms. The maximum atomic E-state index is 12.5. The number of hydrogen-bond donors (Lipinski definition) is 0. The van der Waals surface area contributed by atoms with Gasteiger partial charge >= 0.3 is 0 Å². The highest BCUT2D eigenvalue weighted by Crippen LogP contribution is 2.19. The summed E-state index contributed by atoms with van der Waals surface area (Å²) >= 11 is 0. The normalized spacial score (nSPS) is 15.3. The van der Waals surface area contributed by atoms with Gasteiger partial charge in [0, 0.05) is 45.8 Å². The molecule has 0 bridgehead atoms. The lowest BCUT2D eigenvalue weighted by atomic mass is 10.2. The summed E-state index contributed by atoms with van der Waals surface area (Å²) in [6.07, 6.45) is 0. The molecule has 8 heteroatoms. The molecule has 1 aliphatic rings. The molecular weight excluding hydrogens is 414 g/mol. The third kappa shape index (κ3) is 6.06. The van der Waals surface area contributed by atoms with Gasteiger partial charge in [-0.1, -0.05) is 44.2 Å². The highest BCUT2D eigenvalue weighted by atomic mass is 32.2. The molecule has 3 rings (SSSR count). The second-order valence-electron chi connectivity index (χ2n) is 7.49. The van der Waals surface area contributed by atoms with Crippen molar-refractivity contribution in [3.8, 4) is 5.75 Å². The lowest BCUT2D eigenvalue weighted by molar-refractivity contribution is -0.135. The molecule has 0 unspecified atom stereocenters. The molecular formula is C23H31N3O4S. The predicted octanol–water partition coefficient (Wildman–Crippen LogP) is 2.44. The first-order valence-electron chi connectivity index (χ1n) is 10.7. The van der Waals surface area contributed by atoms with Gasteiger partial charge < -0.3 is 9.64 Å². The van der Waals surface area contributed by atoms with E-state index < -0.39 is 10.0 Å². The average molecular weight is 446 g/mol. The number of piperazine rings is 1. The Morgan fingerprint density at radius 2 is 1.55 bits per heavy atom. The Morgan fingerprint density at radius 1 is 0.935 bits per heavy atom. The van der Waals surface area contributed by atoms with Crippen molar-refractivity contribution in [2.45, 2.75) is 25.3 Å². The molecule has 1 heterocycles. The van der Waals surface area contributed by atoms with Crippen molar-refractivity contribution in [3.05, 3.63) is 60.2 Å². The topological polar surface area (TPSA) is 70.2 Å². The summed E-state index contributed by atoms with van der Waals surface area (Å²) in [5.41, 5.74) is 1.28. The van der Waals surface area contributed by atoms with Crippen molar-refractivity contribution in [2.24, 2.45) is 0 Å². The van der Waals surface area contributed by atoms with Crippen LogP contribution in [0.2, 0.25) is 0 Å². The van der Waals surface area contributed by atoms with Crippen molar-refractivity contribution in [2.75, 3.05) is 45.9 Å². The molecule has 0 aromatic heterocycles. The largest absolute Gasteiger partial charge is 0.484 e. The Labute approximate surface area is 185 Å². The standard InChI is InChI=1S/C23H31N3O4S/c1-3-26(4-2)31(28,29)22-12-10-21(11-13-22)30-19-23(27)25-16-14-24(15-17-25)18-20-8-6-5-7-9-20/h5-13H,3-4,14-19H2,1-2H3. The minimum absolute atomic E-state index is 0.0547. The quantitative estimate of drug-likeness (QED) is 0.593. The SMILES string of the molecule is CCN(CC)S(=O)(=O)c1ccc(OCC(=O)N2CCN(Cc3ccccc3)CC2)cc1. The number of sulfonamides is 1. The summed E-state index contributed by atoms with van der Waals surface area (Å²) in [7, 11) is -3.50. The van der Waals surface area contributed by atoms with Gasteiger partial charge in [-0.05, 0) is 29.8 Å². The Kier molecular flexibility index (Phi) is 8.06. The van der Waals surface area contributed by atoms with Gasteiger partial charge in [-0.3, -0.25) is 9.69 Å². The number of amides is 1. The average Bonchev–Trinajstić information content (AvgIpc) is 2.79. The number of carbonyl (C=O) groups excluding carboxylic acids is 1. The fourth-order valence-electron chi connectivity index (χ4n) is 3.65. The summed E-state index contributed by atoms with van der Waals surface area (Å²) in [6, 6.07) is 16.6. The van der Waals surface area contributed by atoms with Crippen LogP contribution in [0.25, 0.3) is 0 Å². The van der Waals surface area contributed by atoms with Crippen LogP contribution in [0.4, 0.5) is 0 Å². The molecule has 0 N–H and O–H groups in total. The lowest BCUT2D eigenvalue weighted by Gasteiger charge is -2.34. The summed E-state index contributed by atoms with van der Waals surface area (Å²) < 4.78 is 32.1. The van der Waals surface area contributed by atoms with Gasteiger partial charge in [0.1, 0.15) is 5.75 Å². The molecule has 2 aromatic carbocycles. The van der Waals surface area contributed by atoms with E-state index in [2.05, 4.69) is 17.0 Å². The van der Waals surface area contributed by atoms with Crippen LogP contribution in [0.15, 0.2) is 59.5 Å². The maximum Gasteiger partial charge on any atom is 0.260 e. The van der Waals surface area contributed by atoms with Crippen molar-refractivity contribution in [3.63, 3.8) is 0 Å². The number of hydrogen-bond acceptors (Lipinski definition) is 5. The summed E-state index contributed by atoms with van der Waals surface area (Å²) in [5, 5.41) is 0. The predicted molar refractivity (Wildman–Crippen MR) is 120 cm³/mol. The summed E-state index contributed by atoms with van der Waals surface area (Å²) in [4.78, 5) is 16.9. The highest BCUT2D eigenvalue weighted by molar-refractivity contribution is 7.89. The number of carbonyl (C=O) groups is 1. The zero-order valence-electron chi connectivity index (χ0n) is 18.2. The molecule has 1 saturated heterocycles. The van der Waals surface area contributed by atoms with Crippen molar-refractivity contribution < 1.29 is 17.9 Å². The minimum atomic E-state index is -3.50. The van der Waals surface area contributed by atoms with E-state index in [-0.39, 0.29) is 17.4 Å². The molecule has 0 aliphatic carbocycles. The second-order valence-corrected chi connectivity index (χ2v) is 9.43. The van der Waals surface area contributed by atoms with Crippen molar-refractivity contribution in [1.82, 2.24) is 14.1 Å². The third-order valence-electron chi connectivity index (χ3n) is 5.50. The fourth-order valence-corrected chi connectivity index (χ4v) is 5.11. The van der Waals surface area contributed by atoms with Crippen LogP contribution < -0.4 is 4.74 Å². The van der Waals surface area contributed by atoms with Crippen LogP contribution in [0.5, 0.6) is 5.75 Å². The van der Waals surface area contributed by atoms with E-state index in [9.17, 15) is 13.2 Å². The molecule has 1 amide bonds. The van der Waals surface area contributed by atoms with Crippen LogP contribution in [0, 0.1) is 0 Å². The van der Waals surface area contributed by atoms with Crippen LogP contribution in [-0.4, -0.2) is 74.3 Å². The van der Waals surface area contributed by atoms with Crippen LogP contribution in [0.1, 0.15) is 19.4 Å². The van der Waals surface area contributed by atoms with Gasteiger partial charge in [0.05, 0.1) is 4.90 Å². The van der Waals surface area contributed by atoms with Gasteiger partial charge in [0.2, 0.25) is 10.0 Å². The first-order chi connectivity index (χ1) is 14.9. The van der Waals surface area contributed by atoms with Crippen molar-refractivity contribution >= 4 is 15.9 Å². The zero-order chi connectivity index (χ0) is 22.3. The summed E-state index contributed by atoms with van der Waals surface area (Å²) in [6.45, 7) is 8.32. The first-order valence-corrected chi connectivity index (χ1v) is 12.1. The molecule has 1 aliphatic heterocycles. The minimum Gasteiger partial charge on any atom is -0.484 e. The second kappa shape index (κ2) is 10.7. The number of rotatable bonds is 9. The molecule has 31 heavy (non-hydrogen) atoms. The van der Waals surface area contributed by atoms with Crippen LogP contribution >= 0.6 is 0 Å².